The Morgan fingerprint density at radius 3 is 2.46 bits per heavy atom. The van der Waals surface area contributed by atoms with Crippen LogP contribution in [0.2, 0.25) is 0 Å². The molecule has 4 unspecified atom stereocenters. The Bertz CT molecular complexity index is 399. The van der Waals surface area contributed by atoms with Gasteiger partial charge in [-0.25, -0.2) is 0 Å². The Labute approximate surface area is 187 Å². The topological polar surface area (TPSA) is 122 Å². The summed E-state index contributed by atoms with van der Waals surface area (Å²) in [5, 5.41) is 10.3. The molecule has 1 saturated heterocycles. The Kier molecular flexibility index (Phi) is 16.4. The van der Waals surface area contributed by atoms with E-state index in [0.29, 0.717) is 6.41 Å². The summed E-state index contributed by atoms with van der Waals surface area (Å²) in [4.78, 5) is 41.6. The monoisotopic (exact) mass is 388 g/mol. The molecule has 0 aromatic rings. The number of amides is 2. The predicted octanol–water partition coefficient (Wildman–Crippen LogP) is -3.49. The van der Waals surface area contributed by atoms with Crippen LogP contribution in [0.5, 0.6) is 0 Å². The summed E-state index contributed by atoms with van der Waals surface area (Å²) in [5.41, 5.74) is -0.206. The molecule has 2 amide bonds. The molecule has 1 heterocycles. The van der Waals surface area contributed by atoms with Gasteiger partial charge in [0.25, 0.3) is 5.91 Å². The Morgan fingerprint density at radius 1 is 1.38 bits per heavy atom. The zero-order valence-corrected chi connectivity index (χ0v) is 18.9. The molecule has 8 nitrogen and oxygen atoms in total. The molecule has 0 spiro atoms. The van der Waals surface area contributed by atoms with Crippen LogP contribution in [-0.4, -0.2) is 59.2 Å². The average molecular weight is 388 g/mol. The average Bonchev–Trinajstić information content (AvgIpc) is 3.03. The number of nitrogens with zero attached hydrogens (tertiary/aromatic N) is 1. The normalized spacial score (nSPS) is 22.2. The minimum absolute atomic E-state index is 0. The third kappa shape index (κ3) is 9.33. The molecule has 1 rings (SSSR count). The molecule has 0 aromatic heterocycles. The second kappa shape index (κ2) is 14.7. The molecule has 4 atom stereocenters. The van der Waals surface area contributed by atoms with Crippen molar-refractivity contribution in [2.24, 2.45) is 5.92 Å². The van der Waals surface area contributed by atoms with E-state index in [4.69, 9.17) is 9.84 Å². The SMILES string of the molecule is CC(C1CCC(N(C)/C=C\C(=O)NC=O)O1)C(C)P(O)O.C[O-].[K+]. The number of nitrogens with one attached hydrogen (secondary N) is 1. The van der Waals surface area contributed by atoms with Crippen LogP contribution in [0.4, 0.5) is 0 Å². The Hall–Kier alpha value is 0.586. The summed E-state index contributed by atoms with van der Waals surface area (Å²) in [6.45, 7) is 3.76. The van der Waals surface area contributed by atoms with Crippen LogP contribution < -0.4 is 61.8 Å². The van der Waals surface area contributed by atoms with E-state index in [0.717, 1.165) is 20.0 Å². The van der Waals surface area contributed by atoms with Gasteiger partial charge in [-0.2, -0.15) is 7.11 Å². The van der Waals surface area contributed by atoms with Gasteiger partial charge in [0, 0.05) is 25.0 Å². The number of hydrogen-bond donors (Lipinski definition) is 3. The number of carbonyl (C=O) groups excluding carboxylic acids is 2. The summed E-state index contributed by atoms with van der Waals surface area (Å²) < 4.78 is 5.91. The minimum atomic E-state index is -1.96. The van der Waals surface area contributed by atoms with Crippen molar-refractivity contribution in [3.8, 4) is 0 Å². The van der Waals surface area contributed by atoms with Gasteiger partial charge in [-0.15, -0.1) is 0 Å². The van der Waals surface area contributed by atoms with Gasteiger partial charge in [0.15, 0.2) is 8.38 Å². The van der Waals surface area contributed by atoms with Crippen LogP contribution in [0.25, 0.3) is 0 Å². The Balaban J connectivity index is 0. The van der Waals surface area contributed by atoms with E-state index < -0.39 is 14.3 Å². The fraction of sp³-hybridized carbons (Fsp3) is 0.714. The summed E-state index contributed by atoms with van der Waals surface area (Å²) in [7, 11) is 0.578. The smallest absolute Gasteiger partial charge is 0.857 e. The van der Waals surface area contributed by atoms with Gasteiger partial charge in [0.2, 0.25) is 6.41 Å². The van der Waals surface area contributed by atoms with Crippen molar-refractivity contribution < 1.29 is 80.6 Å². The van der Waals surface area contributed by atoms with E-state index in [1.165, 1.54) is 6.08 Å². The van der Waals surface area contributed by atoms with Crippen LogP contribution >= 0.6 is 8.38 Å². The third-order valence-electron chi connectivity index (χ3n) is 3.86. The second-order valence-electron chi connectivity index (χ2n) is 5.23. The van der Waals surface area contributed by atoms with Crippen LogP contribution in [0.1, 0.15) is 26.7 Å². The van der Waals surface area contributed by atoms with Crippen molar-refractivity contribution in [2.45, 2.75) is 44.7 Å². The predicted molar refractivity (Wildman–Crippen MR) is 84.9 cm³/mol. The summed E-state index contributed by atoms with van der Waals surface area (Å²) in [6.07, 6.45) is 4.59. The zero-order chi connectivity index (χ0) is 18.0. The first-order chi connectivity index (χ1) is 10.9. The molecule has 0 aliphatic carbocycles. The largest absolute Gasteiger partial charge is 1.00 e. The van der Waals surface area contributed by atoms with Crippen molar-refractivity contribution in [2.75, 3.05) is 14.2 Å². The van der Waals surface area contributed by atoms with Crippen molar-refractivity contribution >= 4 is 20.7 Å². The Morgan fingerprint density at radius 2 is 1.96 bits per heavy atom. The van der Waals surface area contributed by atoms with Crippen LogP contribution in [0.3, 0.4) is 0 Å². The molecule has 1 aliphatic rings. The van der Waals surface area contributed by atoms with Gasteiger partial charge in [-0.1, -0.05) is 13.8 Å². The van der Waals surface area contributed by atoms with Crippen LogP contribution in [-0.2, 0) is 14.3 Å². The third-order valence-corrected chi connectivity index (χ3v) is 5.06. The number of hydrogen-bond acceptors (Lipinski definition) is 7. The van der Waals surface area contributed by atoms with Gasteiger partial charge in [0.1, 0.15) is 6.23 Å². The van der Waals surface area contributed by atoms with Crippen LogP contribution in [0.15, 0.2) is 12.3 Å². The van der Waals surface area contributed by atoms with Crippen molar-refractivity contribution in [3.05, 3.63) is 12.3 Å². The maximum Gasteiger partial charge on any atom is 1.00 e. The molecule has 0 radical (unpaired) electrons. The van der Waals surface area contributed by atoms with E-state index in [1.807, 2.05) is 12.2 Å². The fourth-order valence-electron chi connectivity index (χ4n) is 2.24. The number of imide groups is 1. The van der Waals surface area contributed by atoms with Gasteiger partial charge < -0.3 is 24.5 Å². The van der Waals surface area contributed by atoms with Gasteiger partial charge >= 0.3 is 51.4 Å². The van der Waals surface area contributed by atoms with E-state index >= 15 is 0 Å². The maximum atomic E-state index is 11.1. The van der Waals surface area contributed by atoms with E-state index in [-0.39, 0.29) is 75.3 Å². The van der Waals surface area contributed by atoms with Gasteiger partial charge in [0.05, 0.1) is 6.10 Å². The van der Waals surface area contributed by atoms with Crippen molar-refractivity contribution in [3.63, 3.8) is 0 Å². The maximum absolute atomic E-state index is 11.1. The molecule has 24 heavy (non-hydrogen) atoms. The summed E-state index contributed by atoms with van der Waals surface area (Å²) in [5.74, 6) is -0.438. The standard InChI is InChI=1S/C13H23N2O5P.CH3O.K/c1-9(10(2)21(18)19)11-4-5-13(20-11)15(3)7-6-12(17)14-8-16;1-2;/h6-11,13,18-19H,4-5H2,1-3H3,(H,14,16,17);1H3;/q;-1;+1/b7-6-;;. The first-order valence-corrected chi connectivity index (χ1v) is 8.56. The molecule has 0 aromatic carbocycles. The molecule has 0 saturated carbocycles. The first kappa shape index (κ1) is 26.8. The number of rotatable bonds is 7. The molecule has 10 heteroatoms. The summed E-state index contributed by atoms with van der Waals surface area (Å²) >= 11 is 0. The molecule has 1 aliphatic heterocycles. The fourth-order valence-corrected chi connectivity index (χ4v) is 2.85. The van der Waals surface area contributed by atoms with E-state index in [9.17, 15) is 19.4 Å². The second-order valence-corrected chi connectivity index (χ2v) is 6.69. The van der Waals surface area contributed by atoms with Gasteiger partial charge in [-0.05, 0) is 18.8 Å². The molecular formula is C14H26KN2O6P. The number of carbonyl (C=O) groups is 2. The van der Waals surface area contributed by atoms with E-state index in [1.54, 1.807) is 25.1 Å². The van der Waals surface area contributed by atoms with Crippen molar-refractivity contribution in [1.29, 1.82) is 0 Å². The minimum Gasteiger partial charge on any atom is -0.857 e. The van der Waals surface area contributed by atoms with Crippen molar-refractivity contribution in [1.82, 2.24) is 10.2 Å². The van der Waals surface area contributed by atoms with Crippen LogP contribution in [0, 0.1) is 5.92 Å². The number of ether oxygens (including phenoxy) is 1. The zero-order valence-electron chi connectivity index (χ0n) is 14.9. The molecule has 3 N–H and O–H groups in total. The summed E-state index contributed by atoms with van der Waals surface area (Å²) in [6, 6.07) is 0. The quantitative estimate of drug-likeness (QED) is 0.179. The molecule has 134 valence electrons. The molecular weight excluding hydrogens is 362 g/mol. The molecule has 1 fully saturated rings. The van der Waals surface area contributed by atoms with Gasteiger partial charge in [-0.3, -0.25) is 14.9 Å². The first-order valence-electron chi connectivity index (χ1n) is 7.24. The molecule has 0 bridgehead atoms. The van der Waals surface area contributed by atoms with E-state index in [2.05, 4.69) is 0 Å².